The maximum Gasteiger partial charge on any atom is 0.240 e. The number of nitrogens with zero attached hydrogens (tertiary/aromatic N) is 3. The fourth-order valence-electron chi connectivity index (χ4n) is 3.73. The van der Waals surface area contributed by atoms with Gasteiger partial charge in [-0.3, -0.25) is 4.79 Å². The first-order valence-electron chi connectivity index (χ1n) is 10.8. The highest BCUT2D eigenvalue weighted by atomic mass is 32.2. The van der Waals surface area contributed by atoms with E-state index in [2.05, 4.69) is 72.9 Å². The second kappa shape index (κ2) is 9.14. The molecule has 1 aliphatic heterocycles. The summed E-state index contributed by atoms with van der Waals surface area (Å²) in [6.07, 6.45) is 2.80. The number of anilines is 1. The largest absolute Gasteiger partial charge is 0.325 e. The van der Waals surface area contributed by atoms with Crippen LogP contribution in [0.3, 0.4) is 0 Å². The van der Waals surface area contributed by atoms with E-state index >= 15 is 0 Å². The number of fused-ring (bicyclic) bond motifs is 1. The molecule has 1 aliphatic rings. The van der Waals surface area contributed by atoms with Crippen molar-refractivity contribution in [2.24, 2.45) is 0 Å². The number of rotatable bonds is 6. The van der Waals surface area contributed by atoms with Crippen LogP contribution >= 0.6 is 11.8 Å². The molecule has 0 saturated carbocycles. The van der Waals surface area contributed by atoms with Gasteiger partial charge >= 0.3 is 0 Å². The summed E-state index contributed by atoms with van der Waals surface area (Å²) in [6.45, 7) is 8.39. The predicted molar refractivity (Wildman–Crippen MR) is 126 cm³/mol. The number of amides is 1. The average Bonchev–Trinajstić information content (AvgIpc) is 3.17. The fraction of sp³-hybridized carbons (Fsp3) is 0.375. The first-order valence-corrected chi connectivity index (χ1v) is 11.7. The van der Waals surface area contributed by atoms with Gasteiger partial charge in [0.1, 0.15) is 5.25 Å². The zero-order valence-electron chi connectivity index (χ0n) is 18.5. The van der Waals surface area contributed by atoms with Crippen molar-refractivity contribution in [1.82, 2.24) is 14.9 Å². The van der Waals surface area contributed by atoms with Crippen LogP contribution in [-0.2, 0) is 17.6 Å². The molecule has 162 valence electrons. The third-order valence-electron chi connectivity index (χ3n) is 5.76. The van der Waals surface area contributed by atoms with Crippen molar-refractivity contribution >= 4 is 23.4 Å². The summed E-state index contributed by atoms with van der Waals surface area (Å²) in [7, 11) is 0. The molecule has 0 aliphatic carbocycles. The van der Waals surface area contributed by atoms with Crippen LogP contribution in [0.2, 0.25) is 0 Å². The lowest BCUT2D eigenvalue weighted by Gasteiger charge is -2.33. The minimum absolute atomic E-state index is 0.0448. The molecule has 0 fully saturated rings. The Morgan fingerprint density at radius 2 is 1.87 bits per heavy atom. The van der Waals surface area contributed by atoms with Gasteiger partial charge in [0.05, 0.1) is 6.04 Å². The van der Waals surface area contributed by atoms with Crippen molar-refractivity contribution in [3.63, 3.8) is 0 Å². The lowest BCUT2D eigenvalue weighted by Crippen LogP contribution is -2.41. The molecule has 6 nitrogen and oxygen atoms in total. The Hall–Kier alpha value is -2.80. The monoisotopic (exact) mass is 435 g/mol. The van der Waals surface area contributed by atoms with Gasteiger partial charge in [0, 0.05) is 12.1 Å². The van der Waals surface area contributed by atoms with Crippen molar-refractivity contribution < 1.29 is 4.79 Å². The van der Waals surface area contributed by atoms with E-state index in [1.165, 1.54) is 22.9 Å². The Balaban J connectivity index is 1.65. The summed E-state index contributed by atoms with van der Waals surface area (Å²) >= 11 is 1.47. The quantitative estimate of drug-likeness (QED) is 0.581. The van der Waals surface area contributed by atoms with Crippen LogP contribution in [0.4, 0.5) is 5.69 Å². The van der Waals surface area contributed by atoms with Crippen LogP contribution < -0.4 is 10.7 Å². The summed E-state index contributed by atoms with van der Waals surface area (Å²) in [4.78, 5) is 13.4. The van der Waals surface area contributed by atoms with E-state index in [0.29, 0.717) is 0 Å². The molecule has 0 bridgehead atoms. The molecular formula is C24H29N5OS. The number of nitrogens with one attached hydrogen (secondary N) is 2. The molecule has 7 heteroatoms. The first kappa shape index (κ1) is 21.4. The molecule has 0 radical (unpaired) electrons. The standard InChI is InChI=1S/C24H29N5OS/c1-5-7-20-26-27-24-29(20)28-21(18-11-9-17(6-2)10-12-18)22(31-24)23(30)25-19-13-8-15(3)16(4)14-19/h8-14,21-22,28H,5-7H2,1-4H3,(H,25,30). The third kappa shape index (κ3) is 4.46. The van der Waals surface area contributed by atoms with Gasteiger partial charge in [0.2, 0.25) is 11.1 Å². The topological polar surface area (TPSA) is 71.8 Å². The number of aromatic nitrogens is 3. The van der Waals surface area contributed by atoms with E-state index in [1.54, 1.807) is 0 Å². The molecule has 2 aromatic carbocycles. The van der Waals surface area contributed by atoms with Crippen molar-refractivity contribution in [3.05, 3.63) is 70.5 Å². The second-order valence-corrected chi connectivity index (χ2v) is 9.12. The fourth-order valence-corrected chi connectivity index (χ4v) is 4.83. The Bertz CT molecular complexity index is 1080. The molecule has 1 amide bonds. The Kier molecular flexibility index (Phi) is 6.32. The predicted octanol–water partition coefficient (Wildman–Crippen LogP) is 4.81. The molecule has 3 aromatic rings. The molecule has 2 heterocycles. The SMILES string of the molecule is CCCc1nnc2n1NC(c1ccc(CC)cc1)C(C(=O)Nc1ccc(C)c(C)c1)S2. The van der Waals surface area contributed by atoms with Crippen molar-refractivity contribution in [3.8, 4) is 0 Å². The van der Waals surface area contributed by atoms with Gasteiger partial charge in [-0.2, -0.15) is 0 Å². The van der Waals surface area contributed by atoms with Gasteiger partial charge < -0.3 is 10.7 Å². The number of hydrogen-bond acceptors (Lipinski definition) is 5. The highest BCUT2D eigenvalue weighted by Crippen LogP contribution is 2.38. The number of benzene rings is 2. The van der Waals surface area contributed by atoms with Gasteiger partial charge in [0.25, 0.3) is 0 Å². The number of aryl methyl sites for hydroxylation is 4. The highest BCUT2D eigenvalue weighted by molar-refractivity contribution is 8.00. The smallest absolute Gasteiger partial charge is 0.240 e. The zero-order chi connectivity index (χ0) is 22.0. The Labute approximate surface area is 187 Å². The lowest BCUT2D eigenvalue weighted by molar-refractivity contribution is -0.116. The molecule has 2 N–H and O–H groups in total. The Morgan fingerprint density at radius 3 is 2.55 bits per heavy atom. The van der Waals surface area contributed by atoms with E-state index < -0.39 is 0 Å². The molecule has 31 heavy (non-hydrogen) atoms. The molecule has 0 spiro atoms. The summed E-state index contributed by atoms with van der Waals surface area (Å²) in [5, 5.41) is 12.1. The number of carbonyl (C=O) groups is 1. The van der Waals surface area contributed by atoms with Crippen LogP contribution in [0.1, 0.15) is 54.4 Å². The van der Waals surface area contributed by atoms with Crippen molar-refractivity contribution in [2.45, 2.75) is 63.4 Å². The van der Waals surface area contributed by atoms with Gasteiger partial charge in [0.15, 0.2) is 5.82 Å². The summed E-state index contributed by atoms with van der Waals surface area (Å²) in [5.41, 5.74) is 9.06. The number of carbonyl (C=O) groups excluding carboxylic acids is 1. The van der Waals surface area contributed by atoms with E-state index in [9.17, 15) is 4.79 Å². The molecule has 0 saturated heterocycles. The molecule has 2 atom stereocenters. The highest BCUT2D eigenvalue weighted by Gasteiger charge is 2.37. The van der Waals surface area contributed by atoms with Gasteiger partial charge in [-0.1, -0.05) is 55.9 Å². The summed E-state index contributed by atoms with van der Waals surface area (Å²) in [6, 6.07) is 14.3. The molecular weight excluding hydrogens is 406 g/mol. The van der Waals surface area contributed by atoms with Crippen molar-refractivity contribution in [2.75, 3.05) is 10.7 Å². The van der Waals surface area contributed by atoms with Gasteiger partial charge in [-0.05, 0) is 61.1 Å². The maximum atomic E-state index is 13.4. The Morgan fingerprint density at radius 1 is 1.10 bits per heavy atom. The molecule has 1 aromatic heterocycles. The maximum absolute atomic E-state index is 13.4. The summed E-state index contributed by atoms with van der Waals surface area (Å²) < 4.78 is 1.95. The second-order valence-electron chi connectivity index (χ2n) is 8.01. The lowest BCUT2D eigenvalue weighted by atomic mass is 10.0. The van der Waals surface area contributed by atoms with Gasteiger partial charge in [-0.25, -0.2) is 4.68 Å². The van der Waals surface area contributed by atoms with Crippen LogP contribution in [0.15, 0.2) is 47.6 Å². The average molecular weight is 436 g/mol. The molecule has 2 unspecified atom stereocenters. The number of hydrogen-bond donors (Lipinski definition) is 2. The summed E-state index contributed by atoms with van der Waals surface area (Å²) in [5.74, 6) is 0.852. The van der Waals surface area contributed by atoms with Crippen LogP contribution in [-0.4, -0.2) is 26.0 Å². The van der Waals surface area contributed by atoms with E-state index in [0.717, 1.165) is 47.1 Å². The minimum Gasteiger partial charge on any atom is -0.325 e. The van der Waals surface area contributed by atoms with Crippen LogP contribution in [0, 0.1) is 13.8 Å². The van der Waals surface area contributed by atoms with E-state index in [-0.39, 0.29) is 17.2 Å². The van der Waals surface area contributed by atoms with E-state index in [1.807, 2.05) is 22.9 Å². The third-order valence-corrected chi connectivity index (χ3v) is 6.97. The van der Waals surface area contributed by atoms with E-state index in [4.69, 9.17) is 0 Å². The molecule has 4 rings (SSSR count). The normalized spacial score (nSPS) is 17.7. The minimum atomic E-state index is -0.375. The first-order chi connectivity index (χ1) is 15.0. The zero-order valence-corrected chi connectivity index (χ0v) is 19.3. The number of thioether (sulfide) groups is 1. The van der Waals surface area contributed by atoms with Crippen LogP contribution in [0.25, 0.3) is 0 Å². The van der Waals surface area contributed by atoms with Crippen molar-refractivity contribution in [1.29, 1.82) is 0 Å². The van der Waals surface area contributed by atoms with Crippen LogP contribution in [0.5, 0.6) is 0 Å². The van der Waals surface area contributed by atoms with Gasteiger partial charge in [-0.15, -0.1) is 10.2 Å².